The Bertz CT molecular complexity index is 1160. The predicted octanol–water partition coefficient (Wildman–Crippen LogP) is 4.11. The van der Waals surface area contributed by atoms with Crippen molar-refractivity contribution in [1.29, 1.82) is 0 Å². The van der Waals surface area contributed by atoms with Crippen LogP contribution >= 0.6 is 34.5 Å². The Kier molecular flexibility index (Phi) is 4.37. The van der Waals surface area contributed by atoms with Crippen LogP contribution in [0.1, 0.15) is 10.4 Å². The number of ether oxygens (including phenoxy) is 2. The van der Waals surface area contributed by atoms with E-state index < -0.39 is 5.91 Å². The molecule has 130 valence electrons. The Hall–Kier alpha value is -2.46. The molecular weight excluding hydrogens is 395 g/mol. The monoisotopic (exact) mass is 404 g/mol. The molecule has 2 aromatic carbocycles. The van der Waals surface area contributed by atoms with E-state index in [0.29, 0.717) is 21.3 Å². The molecule has 0 saturated heterocycles. The number of hydrogen-bond acceptors (Lipinski definition) is 4. The largest absolute Gasteiger partial charge is 0.454 e. The molecule has 26 heavy (non-hydrogen) atoms. The summed E-state index contributed by atoms with van der Waals surface area (Å²) in [4.78, 5) is 17.3. The summed E-state index contributed by atoms with van der Waals surface area (Å²) in [5.74, 6) is 3.38. The lowest BCUT2D eigenvalue weighted by molar-refractivity contribution is 0.0998. The maximum atomic E-state index is 12.6. The molecule has 0 aliphatic carbocycles. The highest BCUT2D eigenvalue weighted by molar-refractivity contribution is 7.16. The third kappa shape index (κ3) is 2.95. The van der Waals surface area contributed by atoms with Gasteiger partial charge in [0.15, 0.2) is 16.3 Å². The first-order valence-electron chi connectivity index (χ1n) is 7.47. The number of fused-ring (bicyclic) bond motifs is 2. The minimum Gasteiger partial charge on any atom is -0.454 e. The maximum Gasteiger partial charge on any atom is 0.281 e. The quantitative estimate of drug-likeness (QED) is 0.603. The molecule has 1 aromatic heterocycles. The van der Waals surface area contributed by atoms with Crippen LogP contribution in [0.15, 0.2) is 35.3 Å². The smallest absolute Gasteiger partial charge is 0.281 e. The number of aromatic nitrogens is 1. The standard InChI is InChI=1S/C18H10Cl2N2O3S/c1-2-5-22-13-7-14-15(25-9-24-14)8-16(13)26-18(22)21-17(23)11-6-10(19)3-4-12(11)20/h1,3-4,6-8H,5,9H2. The fourth-order valence-corrected chi connectivity index (χ4v) is 4.01. The molecule has 0 fully saturated rings. The number of thiazole rings is 1. The second-order valence-electron chi connectivity index (χ2n) is 5.39. The van der Waals surface area contributed by atoms with E-state index in [4.69, 9.17) is 39.1 Å². The van der Waals surface area contributed by atoms with Gasteiger partial charge in [-0.05, 0) is 18.2 Å². The highest BCUT2D eigenvalue weighted by Crippen LogP contribution is 2.37. The summed E-state index contributed by atoms with van der Waals surface area (Å²) in [7, 11) is 0. The molecule has 0 atom stereocenters. The number of carbonyl (C=O) groups is 1. The molecule has 0 N–H and O–H groups in total. The number of rotatable bonds is 2. The van der Waals surface area contributed by atoms with Gasteiger partial charge in [0, 0.05) is 17.2 Å². The molecule has 8 heteroatoms. The van der Waals surface area contributed by atoms with Crippen LogP contribution in [0.3, 0.4) is 0 Å². The van der Waals surface area contributed by atoms with Crippen LogP contribution in [0.5, 0.6) is 11.5 Å². The first-order chi connectivity index (χ1) is 12.6. The highest BCUT2D eigenvalue weighted by atomic mass is 35.5. The van der Waals surface area contributed by atoms with Crippen molar-refractivity contribution in [3.05, 3.63) is 50.7 Å². The van der Waals surface area contributed by atoms with Crippen LogP contribution in [0.4, 0.5) is 0 Å². The fourth-order valence-electron chi connectivity index (χ4n) is 2.60. The lowest BCUT2D eigenvalue weighted by Gasteiger charge is -2.02. The van der Waals surface area contributed by atoms with Gasteiger partial charge in [0.1, 0.15) is 0 Å². The Balaban J connectivity index is 1.89. The normalized spacial score (nSPS) is 13.2. The number of amides is 1. The summed E-state index contributed by atoms with van der Waals surface area (Å²) in [6, 6.07) is 8.35. The summed E-state index contributed by atoms with van der Waals surface area (Å²) in [5, 5.41) is 0.694. The van der Waals surface area contributed by atoms with Gasteiger partial charge >= 0.3 is 0 Å². The van der Waals surface area contributed by atoms with E-state index in [0.717, 1.165) is 10.2 Å². The van der Waals surface area contributed by atoms with Crippen LogP contribution in [0.25, 0.3) is 10.2 Å². The van der Waals surface area contributed by atoms with E-state index in [1.807, 2.05) is 12.1 Å². The second kappa shape index (κ2) is 6.69. The van der Waals surface area contributed by atoms with Crippen molar-refractivity contribution in [2.75, 3.05) is 6.79 Å². The minimum absolute atomic E-state index is 0.185. The number of nitrogens with zero attached hydrogens (tertiary/aromatic N) is 2. The molecule has 0 spiro atoms. The Morgan fingerprint density at radius 2 is 2.04 bits per heavy atom. The summed E-state index contributed by atoms with van der Waals surface area (Å²) in [6.07, 6.45) is 5.49. The van der Waals surface area contributed by atoms with Crippen molar-refractivity contribution in [2.24, 2.45) is 4.99 Å². The molecule has 3 aromatic rings. The van der Waals surface area contributed by atoms with Crippen LogP contribution in [0.2, 0.25) is 10.0 Å². The lowest BCUT2D eigenvalue weighted by Crippen LogP contribution is -2.16. The predicted molar refractivity (Wildman–Crippen MR) is 101 cm³/mol. The zero-order valence-electron chi connectivity index (χ0n) is 13.2. The molecule has 0 bridgehead atoms. The van der Waals surface area contributed by atoms with Crippen molar-refractivity contribution in [3.63, 3.8) is 0 Å². The Morgan fingerprint density at radius 1 is 1.27 bits per heavy atom. The van der Waals surface area contributed by atoms with Crippen LogP contribution < -0.4 is 14.3 Å². The van der Waals surface area contributed by atoms with Gasteiger partial charge in [0.05, 0.1) is 27.3 Å². The average Bonchev–Trinajstić information content (AvgIpc) is 3.20. The minimum atomic E-state index is -0.491. The van der Waals surface area contributed by atoms with E-state index in [2.05, 4.69) is 10.9 Å². The molecule has 5 nitrogen and oxygen atoms in total. The molecule has 1 aliphatic heterocycles. The van der Waals surface area contributed by atoms with Gasteiger partial charge in [-0.3, -0.25) is 4.79 Å². The third-order valence-corrected chi connectivity index (χ3v) is 5.39. The summed E-state index contributed by atoms with van der Waals surface area (Å²) in [5.41, 5.74) is 1.05. The van der Waals surface area contributed by atoms with Crippen LogP contribution in [-0.2, 0) is 6.54 Å². The van der Waals surface area contributed by atoms with Crippen LogP contribution in [0, 0.1) is 12.3 Å². The molecule has 1 amide bonds. The summed E-state index contributed by atoms with van der Waals surface area (Å²) < 4.78 is 13.5. The van der Waals surface area contributed by atoms with E-state index >= 15 is 0 Å². The van der Waals surface area contributed by atoms with Crippen molar-refractivity contribution in [2.45, 2.75) is 6.54 Å². The molecular formula is C18H10Cl2N2O3S. The molecule has 0 saturated carbocycles. The van der Waals surface area contributed by atoms with E-state index in [1.165, 1.54) is 17.4 Å². The lowest BCUT2D eigenvalue weighted by atomic mass is 10.2. The maximum absolute atomic E-state index is 12.6. The van der Waals surface area contributed by atoms with Crippen molar-refractivity contribution in [1.82, 2.24) is 4.57 Å². The number of terminal acetylenes is 1. The van der Waals surface area contributed by atoms with Crippen LogP contribution in [-0.4, -0.2) is 17.3 Å². The molecule has 4 rings (SSSR count). The first kappa shape index (κ1) is 17.0. The average molecular weight is 405 g/mol. The number of hydrogen-bond donors (Lipinski definition) is 0. The SMILES string of the molecule is C#CCn1c(=NC(=O)c2cc(Cl)ccc2Cl)sc2cc3c(cc21)OCO3. The zero-order chi connectivity index (χ0) is 18.3. The Morgan fingerprint density at radius 3 is 2.81 bits per heavy atom. The van der Waals surface area contributed by atoms with E-state index in [1.54, 1.807) is 16.7 Å². The van der Waals surface area contributed by atoms with Gasteiger partial charge in [-0.2, -0.15) is 4.99 Å². The van der Waals surface area contributed by atoms with E-state index in [-0.39, 0.29) is 23.9 Å². The summed E-state index contributed by atoms with van der Waals surface area (Å²) in [6.45, 7) is 0.444. The number of carbonyl (C=O) groups excluding carboxylic acids is 1. The van der Waals surface area contributed by atoms with Gasteiger partial charge in [0.2, 0.25) is 6.79 Å². The molecule has 1 aliphatic rings. The number of benzene rings is 2. The number of halogens is 2. The highest BCUT2D eigenvalue weighted by Gasteiger charge is 2.18. The van der Waals surface area contributed by atoms with Crippen molar-refractivity contribution < 1.29 is 14.3 Å². The van der Waals surface area contributed by atoms with Gasteiger partial charge in [-0.25, -0.2) is 0 Å². The molecule has 0 radical (unpaired) electrons. The summed E-state index contributed by atoms with van der Waals surface area (Å²) >= 11 is 13.4. The Labute approximate surface area is 162 Å². The molecule has 0 unspecified atom stereocenters. The van der Waals surface area contributed by atoms with Crippen molar-refractivity contribution in [3.8, 4) is 23.8 Å². The van der Waals surface area contributed by atoms with Gasteiger partial charge in [0.25, 0.3) is 5.91 Å². The van der Waals surface area contributed by atoms with Gasteiger partial charge in [-0.1, -0.05) is 40.5 Å². The zero-order valence-corrected chi connectivity index (χ0v) is 15.5. The topological polar surface area (TPSA) is 52.8 Å². The van der Waals surface area contributed by atoms with Gasteiger partial charge in [-0.15, -0.1) is 6.42 Å². The van der Waals surface area contributed by atoms with Crippen molar-refractivity contribution >= 4 is 50.7 Å². The second-order valence-corrected chi connectivity index (χ2v) is 7.24. The third-order valence-electron chi connectivity index (χ3n) is 3.78. The fraction of sp³-hybridized carbons (Fsp3) is 0.111. The van der Waals surface area contributed by atoms with E-state index in [9.17, 15) is 4.79 Å². The van der Waals surface area contributed by atoms with Gasteiger partial charge < -0.3 is 14.0 Å². The molecule has 2 heterocycles. The first-order valence-corrected chi connectivity index (χ1v) is 9.04.